The number of aromatic nitrogens is 1. The molecule has 0 spiro atoms. The smallest absolute Gasteiger partial charge is 0.274 e. The first kappa shape index (κ1) is 9.77. The largest absolute Gasteiger partial charge is 0.364 e. The zero-order valence-electron chi connectivity index (χ0n) is 8.34. The van der Waals surface area contributed by atoms with Crippen molar-refractivity contribution < 1.29 is 9.32 Å². The van der Waals surface area contributed by atoms with E-state index in [9.17, 15) is 4.79 Å². The normalized spacial score (nSPS) is 11.4. The topological polar surface area (TPSA) is 55.1 Å². The van der Waals surface area contributed by atoms with Crippen LogP contribution in [0, 0.1) is 6.92 Å². The molecule has 0 saturated carbocycles. The fraction of sp³-hybridized carbons (Fsp3) is 0.556. The summed E-state index contributed by atoms with van der Waals surface area (Å²) in [5, 5.41) is 6.41. The average Bonchev–Trinajstić information content (AvgIpc) is 2.30. The molecular weight excluding hydrogens is 168 g/mol. The first-order chi connectivity index (χ1) is 5.90. The Hall–Kier alpha value is -1.32. The van der Waals surface area contributed by atoms with Gasteiger partial charge in [-0.2, -0.15) is 0 Å². The molecule has 0 aliphatic carbocycles. The summed E-state index contributed by atoms with van der Waals surface area (Å²) in [6.07, 6.45) is 1.46. The number of hydrogen-bond donors (Lipinski definition) is 1. The van der Waals surface area contributed by atoms with Gasteiger partial charge in [0, 0.05) is 11.1 Å². The maximum atomic E-state index is 11.5. The quantitative estimate of drug-likeness (QED) is 0.716. The SMILES string of the molecule is Cc1conc1C(=O)NC(C)(C)C. The van der Waals surface area contributed by atoms with Crippen LogP contribution in [0.3, 0.4) is 0 Å². The third-order valence-electron chi connectivity index (χ3n) is 1.45. The van der Waals surface area contributed by atoms with Crippen LogP contribution in [0.5, 0.6) is 0 Å². The fourth-order valence-electron chi connectivity index (χ4n) is 0.906. The minimum atomic E-state index is -0.248. The summed E-state index contributed by atoms with van der Waals surface area (Å²) in [6.45, 7) is 7.54. The number of amides is 1. The van der Waals surface area contributed by atoms with Gasteiger partial charge in [-0.25, -0.2) is 0 Å². The van der Waals surface area contributed by atoms with Gasteiger partial charge in [-0.1, -0.05) is 5.16 Å². The highest BCUT2D eigenvalue weighted by Gasteiger charge is 2.19. The zero-order valence-corrected chi connectivity index (χ0v) is 8.34. The Morgan fingerprint density at radius 3 is 2.54 bits per heavy atom. The predicted octanol–water partition coefficient (Wildman–Crippen LogP) is 1.51. The molecule has 1 aromatic heterocycles. The molecule has 72 valence electrons. The van der Waals surface area contributed by atoms with Crippen LogP contribution < -0.4 is 5.32 Å². The molecular formula is C9H14N2O2. The van der Waals surface area contributed by atoms with Crippen LogP contribution in [0.1, 0.15) is 36.8 Å². The number of carbonyl (C=O) groups is 1. The van der Waals surface area contributed by atoms with Gasteiger partial charge in [-0.15, -0.1) is 0 Å². The minimum absolute atomic E-state index is 0.196. The second-order valence-corrected chi connectivity index (χ2v) is 4.05. The first-order valence-corrected chi connectivity index (χ1v) is 4.13. The number of carbonyl (C=O) groups excluding carboxylic acids is 1. The molecule has 1 rings (SSSR count). The molecule has 4 nitrogen and oxygen atoms in total. The Balaban J connectivity index is 2.76. The van der Waals surface area contributed by atoms with Crippen molar-refractivity contribution in [1.29, 1.82) is 0 Å². The second kappa shape index (κ2) is 3.20. The maximum absolute atomic E-state index is 11.5. The zero-order chi connectivity index (χ0) is 10.1. The molecule has 0 unspecified atom stereocenters. The van der Waals surface area contributed by atoms with E-state index in [4.69, 9.17) is 0 Å². The lowest BCUT2D eigenvalue weighted by Crippen LogP contribution is -2.40. The van der Waals surface area contributed by atoms with Crippen molar-refractivity contribution in [2.75, 3.05) is 0 Å². The van der Waals surface area contributed by atoms with Gasteiger partial charge in [0.05, 0.1) is 0 Å². The van der Waals surface area contributed by atoms with Crippen LogP contribution in [-0.4, -0.2) is 16.6 Å². The molecule has 1 N–H and O–H groups in total. The number of hydrogen-bond acceptors (Lipinski definition) is 3. The Bertz CT molecular complexity index is 310. The minimum Gasteiger partial charge on any atom is -0.364 e. The number of rotatable bonds is 1. The van der Waals surface area contributed by atoms with Gasteiger partial charge in [0.15, 0.2) is 5.69 Å². The van der Waals surface area contributed by atoms with E-state index in [1.807, 2.05) is 20.8 Å². The molecule has 4 heteroatoms. The van der Waals surface area contributed by atoms with E-state index in [0.717, 1.165) is 5.56 Å². The van der Waals surface area contributed by atoms with E-state index in [2.05, 4.69) is 15.0 Å². The van der Waals surface area contributed by atoms with Crippen LogP contribution in [0.4, 0.5) is 0 Å². The molecule has 13 heavy (non-hydrogen) atoms. The Labute approximate surface area is 77.3 Å². The number of nitrogens with one attached hydrogen (secondary N) is 1. The van der Waals surface area contributed by atoms with E-state index in [1.165, 1.54) is 6.26 Å². The standard InChI is InChI=1S/C9H14N2O2/c1-6-5-13-11-7(6)8(12)10-9(2,3)4/h5H,1-4H3,(H,10,12). The van der Waals surface area contributed by atoms with E-state index in [0.29, 0.717) is 5.69 Å². The highest BCUT2D eigenvalue weighted by atomic mass is 16.5. The monoisotopic (exact) mass is 182 g/mol. The Morgan fingerprint density at radius 2 is 2.15 bits per heavy atom. The molecule has 0 atom stereocenters. The van der Waals surface area contributed by atoms with E-state index < -0.39 is 0 Å². The third-order valence-corrected chi connectivity index (χ3v) is 1.45. The van der Waals surface area contributed by atoms with Crippen LogP contribution in [0.15, 0.2) is 10.8 Å². The van der Waals surface area contributed by atoms with E-state index in [1.54, 1.807) is 6.92 Å². The average molecular weight is 182 g/mol. The molecule has 0 fully saturated rings. The summed E-state index contributed by atoms with van der Waals surface area (Å²) in [4.78, 5) is 11.5. The molecule has 1 aromatic rings. The summed E-state index contributed by atoms with van der Waals surface area (Å²) >= 11 is 0. The van der Waals surface area contributed by atoms with Crippen molar-refractivity contribution in [1.82, 2.24) is 10.5 Å². The summed E-state index contributed by atoms with van der Waals surface area (Å²) in [5.41, 5.74) is 0.860. The highest BCUT2D eigenvalue weighted by Crippen LogP contribution is 2.07. The summed E-state index contributed by atoms with van der Waals surface area (Å²) in [6, 6.07) is 0. The lowest BCUT2D eigenvalue weighted by molar-refractivity contribution is 0.0910. The first-order valence-electron chi connectivity index (χ1n) is 4.13. The van der Waals surface area contributed by atoms with E-state index in [-0.39, 0.29) is 11.4 Å². The van der Waals surface area contributed by atoms with Gasteiger partial charge in [0.2, 0.25) is 0 Å². The molecule has 1 heterocycles. The van der Waals surface area contributed by atoms with Gasteiger partial charge in [0.1, 0.15) is 6.26 Å². The van der Waals surface area contributed by atoms with E-state index >= 15 is 0 Å². The maximum Gasteiger partial charge on any atom is 0.274 e. The molecule has 0 saturated heterocycles. The van der Waals surface area contributed by atoms with Crippen LogP contribution >= 0.6 is 0 Å². The van der Waals surface area contributed by atoms with Crippen LogP contribution in [-0.2, 0) is 0 Å². The molecule has 0 aromatic carbocycles. The molecule has 1 amide bonds. The Morgan fingerprint density at radius 1 is 1.54 bits per heavy atom. The van der Waals surface area contributed by atoms with Crippen LogP contribution in [0.25, 0.3) is 0 Å². The molecule has 0 aliphatic rings. The van der Waals surface area contributed by atoms with Gasteiger partial charge in [0.25, 0.3) is 5.91 Å². The fourth-order valence-corrected chi connectivity index (χ4v) is 0.906. The number of nitrogens with zero attached hydrogens (tertiary/aromatic N) is 1. The predicted molar refractivity (Wildman–Crippen MR) is 48.5 cm³/mol. The van der Waals surface area contributed by atoms with Gasteiger partial charge in [-0.05, 0) is 27.7 Å². The van der Waals surface area contributed by atoms with Gasteiger partial charge >= 0.3 is 0 Å². The van der Waals surface area contributed by atoms with Crippen LogP contribution in [0.2, 0.25) is 0 Å². The molecule has 0 radical (unpaired) electrons. The molecule has 0 bridgehead atoms. The molecule has 0 aliphatic heterocycles. The van der Waals surface area contributed by atoms with Crippen molar-refractivity contribution in [3.63, 3.8) is 0 Å². The lowest BCUT2D eigenvalue weighted by Gasteiger charge is -2.19. The summed E-state index contributed by atoms with van der Waals surface area (Å²) in [7, 11) is 0. The van der Waals surface area contributed by atoms with Crippen molar-refractivity contribution in [2.24, 2.45) is 0 Å². The van der Waals surface area contributed by atoms with Gasteiger partial charge in [-0.3, -0.25) is 4.79 Å². The highest BCUT2D eigenvalue weighted by molar-refractivity contribution is 5.93. The third kappa shape index (κ3) is 2.57. The van der Waals surface area contributed by atoms with Crippen molar-refractivity contribution in [3.05, 3.63) is 17.5 Å². The lowest BCUT2D eigenvalue weighted by atomic mass is 10.1. The van der Waals surface area contributed by atoms with Gasteiger partial charge < -0.3 is 9.84 Å². The van der Waals surface area contributed by atoms with Crippen molar-refractivity contribution in [2.45, 2.75) is 33.2 Å². The summed E-state index contributed by atoms with van der Waals surface area (Å²) in [5.74, 6) is -0.196. The number of aryl methyl sites for hydroxylation is 1. The van der Waals surface area contributed by atoms with Crippen molar-refractivity contribution in [3.8, 4) is 0 Å². The summed E-state index contributed by atoms with van der Waals surface area (Å²) < 4.78 is 4.67. The second-order valence-electron chi connectivity index (χ2n) is 4.05. The van der Waals surface area contributed by atoms with Crippen molar-refractivity contribution >= 4 is 5.91 Å². The Kier molecular flexibility index (Phi) is 2.40.